The van der Waals surface area contributed by atoms with E-state index in [1.807, 2.05) is 27.8 Å². The Balaban J connectivity index is 3.44. The lowest BCUT2D eigenvalue weighted by Gasteiger charge is -2.21. The van der Waals surface area contributed by atoms with Crippen LogP contribution >= 0.6 is 0 Å². The summed E-state index contributed by atoms with van der Waals surface area (Å²) in [6, 6.07) is 0.260. The monoisotopic (exact) mass is 202 g/mol. The zero-order valence-corrected chi connectivity index (χ0v) is 9.67. The Morgan fingerprint density at radius 3 is 2.64 bits per heavy atom. The Kier molecular flexibility index (Phi) is 7.42. The van der Waals surface area contributed by atoms with Gasteiger partial charge in [0.05, 0.1) is 13.2 Å². The molecule has 0 aliphatic rings. The van der Waals surface area contributed by atoms with Gasteiger partial charge in [0.1, 0.15) is 0 Å². The molecule has 0 aliphatic heterocycles. The maximum Gasteiger partial charge on any atom is 0.236 e. The van der Waals surface area contributed by atoms with E-state index in [2.05, 4.69) is 5.32 Å². The van der Waals surface area contributed by atoms with Crippen LogP contribution in [0.4, 0.5) is 0 Å². The number of amides is 1. The van der Waals surface area contributed by atoms with Gasteiger partial charge in [-0.2, -0.15) is 0 Å². The van der Waals surface area contributed by atoms with Crippen molar-refractivity contribution in [3.05, 3.63) is 0 Å². The van der Waals surface area contributed by atoms with Crippen molar-refractivity contribution in [2.45, 2.75) is 26.8 Å². The van der Waals surface area contributed by atoms with Crippen molar-refractivity contribution in [2.24, 2.45) is 0 Å². The Morgan fingerprint density at radius 2 is 2.14 bits per heavy atom. The van der Waals surface area contributed by atoms with E-state index in [-0.39, 0.29) is 11.9 Å². The van der Waals surface area contributed by atoms with Crippen molar-refractivity contribution < 1.29 is 9.53 Å². The molecule has 0 bridgehead atoms. The van der Waals surface area contributed by atoms with Crippen LogP contribution in [0.25, 0.3) is 0 Å². The van der Waals surface area contributed by atoms with Crippen LogP contribution < -0.4 is 5.32 Å². The summed E-state index contributed by atoms with van der Waals surface area (Å²) in [7, 11) is 1.82. The molecule has 0 saturated heterocycles. The minimum Gasteiger partial charge on any atom is -0.380 e. The summed E-state index contributed by atoms with van der Waals surface area (Å²) in [5, 5.41) is 3.04. The van der Waals surface area contributed by atoms with Gasteiger partial charge in [-0.15, -0.1) is 0 Å². The van der Waals surface area contributed by atoms with Gasteiger partial charge in [-0.1, -0.05) is 0 Å². The fourth-order valence-electron chi connectivity index (χ4n) is 0.897. The van der Waals surface area contributed by atoms with Gasteiger partial charge >= 0.3 is 0 Å². The van der Waals surface area contributed by atoms with Gasteiger partial charge in [-0.05, 0) is 20.8 Å². The third-order valence-corrected chi connectivity index (χ3v) is 2.07. The molecule has 0 spiro atoms. The van der Waals surface area contributed by atoms with Gasteiger partial charge < -0.3 is 15.0 Å². The third kappa shape index (κ3) is 5.94. The first-order valence-electron chi connectivity index (χ1n) is 5.13. The molecule has 0 rings (SSSR count). The van der Waals surface area contributed by atoms with E-state index in [4.69, 9.17) is 4.74 Å². The summed E-state index contributed by atoms with van der Waals surface area (Å²) in [6.07, 6.45) is 0. The van der Waals surface area contributed by atoms with E-state index in [1.54, 1.807) is 4.90 Å². The number of rotatable bonds is 7. The van der Waals surface area contributed by atoms with E-state index >= 15 is 0 Å². The second kappa shape index (κ2) is 7.76. The average Bonchev–Trinajstić information content (AvgIpc) is 2.16. The molecule has 4 nitrogen and oxygen atoms in total. The Morgan fingerprint density at radius 1 is 1.50 bits per heavy atom. The Hall–Kier alpha value is -0.610. The number of ether oxygens (including phenoxy) is 1. The number of carbonyl (C=O) groups is 1. The van der Waals surface area contributed by atoms with Crippen molar-refractivity contribution >= 4 is 5.91 Å². The molecule has 84 valence electrons. The fourth-order valence-corrected chi connectivity index (χ4v) is 0.897. The molecule has 0 radical (unpaired) electrons. The van der Waals surface area contributed by atoms with E-state index in [0.717, 1.165) is 13.2 Å². The van der Waals surface area contributed by atoms with Crippen molar-refractivity contribution in [3.63, 3.8) is 0 Å². The van der Waals surface area contributed by atoms with Crippen molar-refractivity contribution in [3.8, 4) is 0 Å². The van der Waals surface area contributed by atoms with Crippen LogP contribution in [-0.2, 0) is 9.53 Å². The fraction of sp³-hybridized carbons (Fsp3) is 0.900. The maximum absolute atomic E-state index is 11.4. The molecule has 14 heavy (non-hydrogen) atoms. The van der Waals surface area contributed by atoms with E-state index in [1.165, 1.54) is 0 Å². The zero-order valence-electron chi connectivity index (χ0n) is 9.67. The van der Waals surface area contributed by atoms with Crippen LogP contribution in [0.2, 0.25) is 0 Å². The van der Waals surface area contributed by atoms with Crippen LogP contribution in [0, 0.1) is 0 Å². The Labute approximate surface area is 86.6 Å². The first kappa shape index (κ1) is 13.4. The van der Waals surface area contributed by atoms with Gasteiger partial charge in [0, 0.05) is 26.2 Å². The van der Waals surface area contributed by atoms with Crippen LogP contribution in [0.1, 0.15) is 20.8 Å². The summed E-state index contributed by atoms with van der Waals surface area (Å²) in [5.41, 5.74) is 0. The minimum absolute atomic E-state index is 0.122. The van der Waals surface area contributed by atoms with Crippen molar-refractivity contribution in [1.82, 2.24) is 10.2 Å². The van der Waals surface area contributed by atoms with Crippen molar-refractivity contribution in [1.29, 1.82) is 0 Å². The molecule has 0 unspecified atom stereocenters. The quantitative estimate of drug-likeness (QED) is 0.611. The van der Waals surface area contributed by atoms with E-state index < -0.39 is 0 Å². The predicted molar refractivity (Wildman–Crippen MR) is 57.3 cm³/mol. The first-order chi connectivity index (χ1) is 6.59. The number of likely N-dealkylation sites (N-methyl/N-ethyl adjacent to an activating group) is 1. The molecule has 0 heterocycles. The number of nitrogens with zero attached hydrogens (tertiary/aromatic N) is 1. The average molecular weight is 202 g/mol. The summed E-state index contributed by atoms with van der Waals surface area (Å²) < 4.78 is 5.14. The molecule has 0 aromatic rings. The zero-order chi connectivity index (χ0) is 11.0. The molecule has 1 amide bonds. The first-order valence-corrected chi connectivity index (χ1v) is 5.13. The van der Waals surface area contributed by atoms with Crippen LogP contribution in [0.15, 0.2) is 0 Å². The summed E-state index contributed by atoms with van der Waals surface area (Å²) in [5.74, 6) is 0.122. The van der Waals surface area contributed by atoms with Gasteiger partial charge in [0.2, 0.25) is 5.91 Å². The minimum atomic E-state index is 0.122. The molecule has 0 saturated carbocycles. The van der Waals surface area contributed by atoms with Crippen molar-refractivity contribution in [2.75, 3.05) is 33.4 Å². The third-order valence-electron chi connectivity index (χ3n) is 2.07. The lowest BCUT2D eigenvalue weighted by molar-refractivity contribution is -0.130. The highest BCUT2D eigenvalue weighted by Crippen LogP contribution is 1.92. The number of hydrogen-bond donors (Lipinski definition) is 1. The maximum atomic E-state index is 11.4. The van der Waals surface area contributed by atoms with E-state index in [0.29, 0.717) is 13.2 Å². The second-order valence-corrected chi connectivity index (χ2v) is 3.47. The molecular formula is C10H22N2O2. The topological polar surface area (TPSA) is 41.6 Å². The summed E-state index contributed by atoms with van der Waals surface area (Å²) in [4.78, 5) is 13.2. The number of nitrogens with one attached hydrogen (secondary N) is 1. The second-order valence-electron chi connectivity index (χ2n) is 3.47. The van der Waals surface area contributed by atoms with Gasteiger partial charge in [0.25, 0.3) is 0 Å². The van der Waals surface area contributed by atoms with Gasteiger partial charge in [0.15, 0.2) is 0 Å². The highest BCUT2D eigenvalue weighted by Gasteiger charge is 2.10. The normalized spacial score (nSPS) is 10.6. The molecule has 1 N–H and O–H groups in total. The molecule has 0 atom stereocenters. The summed E-state index contributed by atoms with van der Waals surface area (Å²) in [6.45, 7) is 8.46. The number of hydrogen-bond acceptors (Lipinski definition) is 3. The highest BCUT2D eigenvalue weighted by molar-refractivity contribution is 5.78. The molecule has 0 aliphatic carbocycles. The predicted octanol–water partition coefficient (Wildman–Crippen LogP) is 0.479. The smallest absolute Gasteiger partial charge is 0.236 e. The molecular weight excluding hydrogens is 180 g/mol. The number of carbonyl (C=O) groups excluding carboxylic acids is 1. The molecule has 0 fully saturated rings. The molecule has 4 heteroatoms. The van der Waals surface area contributed by atoms with Gasteiger partial charge in [-0.3, -0.25) is 4.79 Å². The van der Waals surface area contributed by atoms with Crippen LogP contribution in [0.3, 0.4) is 0 Å². The highest BCUT2D eigenvalue weighted by atomic mass is 16.5. The lowest BCUT2D eigenvalue weighted by Crippen LogP contribution is -2.40. The van der Waals surface area contributed by atoms with Crippen LogP contribution in [-0.4, -0.2) is 50.2 Å². The SMILES string of the molecule is CCOCCNCC(=O)N(C)C(C)C. The van der Waals surface area contributed by atoms with E-state index in [9.17, 15) is 4.79 Å². The molecule has 0 aromatic heterocycles. The lowest BCUT2D eigenvalue weighted by atomic mass is 10.3. The largest absolute Gasteiger partial charge is 0.380 e. The van der Waals surface area contributed by atoms with Crippen LogP contribution in [0.5, 0.6) is 0 Å². The Bertz CT molecular complexity index is 160. The van der Waals surface area contributed by atoms with Gasteiger partial charge in [-0.25, -0.2) is 0 Å². The summed E-state index contributed by atoms with van der Waals surface area (Å²) >= 11 is 0. The molecule has 0 aromatic carbocycles. The standard InChI is InChI=1S/C10H22N2O2/c1-5-14-7-6-11-8-10(13)12(4)9(2)3/h9,11H,5-8H2,1-4H3.